The number of nitrogens with zero attached hydrogens (tertiary/aromatic N) is 1. The normalized spacial score (nSPS) is 26.1. The lowest BCUT2D eigenvalue weighted by Gasteiger charge is -2.38. The number of rotatable bonds is 16. The second-order valence-corrected chi connectivity index (χ2v) is 17.8. The number of H-pyrrole nitrogens is 1. The van der Waals surface area contributed by atoms with E-state index in [1.54, 1.807) is 6.92 Å². The third-order valence-corrected chi connectivity index (χ3v) is 14.1. The zero-order valence-corrected chi connectivity index (χ0v) is 28.6. The van der Waals surface area contributed by atoms with Crippen molar-refractivity contribution in [3.63, 3.8) is 0 Å². The average molecular weight is 648 g/mol. The van der Waals surface area contributed by atoms with Gasteiger partial charge in [-0.05, 0) is 61.4 Å². The number of aromatic amines is 1. The molecule has 2 fully saturated rings. The number of aliphatic hydroxyl groups excluding tert-OH is 1. The molecule has 1 amide bonds. The molecule has 0 spiro atoms. The van der Waals surface area contributed by atoms with Gasteiger partial charge in [-0.1, -0.05) is 40.5 Å². The van der Waals surface area contributed by atoms with Crippen LogP contribution in [0.25, 0.3) is 0 Å². The number of aryl methyl sites for hydroxylation is 1. The maximum Gasteiger partial charge on any atom is 0.407 e. The van der Waals surface area contributed by atoms with Crippen LogP contribution in [0.5, 0.6) is 0 Å². The van der Waals surface area contributed by atoms with E-state index in [2.05, 4.69) is 49.8 Å². The first kappa shape index (κ1) is 35.4. The van der Waals surface area contributed by atoms with E-state index >= 15 is 0 Å². The Morgan fingerprint density at radius 1 is 1.07 bits per heavy atom. The molecule has 3 N–H and O–H groups in total. The highest BCUT2D eigenvalue weighted by Gasteiger charge is 2.49. The van der Waals surface area contributed by atoms with Crippen molar-refractivity contribution in [1.29, 1.82) is 0 Å². The molecule has 4 rings (SSSR count). The number of aliphatic hydroxyl groups is 1. The fourth-order valence-corrected chi connectivity index (χ4v) is 10.6. The SMILES string of the molecule is Cc1cn([C@H]2CC(O)[C@@H](CO[Si](OCCCCCCNC(=O)OC[C@@H]3[C@@H]4CCC#CCC[C@@H]43)(C(C)C)C(C)C)O2)c(=O)[nH]c1=O. The standard InChI is InChI=1S/C33H53N3O8Si/c1-22(2)45(23(3)4,43-21-29-28(37)18-30(44-29)36-19-24(5)31(38)35-32(36)39)42-17-13-9-8-12-16-34-33(40)41-20-27-25-14-10-6-7-11-15-26(25)27/h19,22-23,25-30,37H,8-18,20-21H2,1-5H3,(H,34,40)(H,35,38,39)/t25-,26+,27-,28?,29-,30-/m1/s1. The highest BCUT2D eigenvalue weighted by Crippen LogP contribution is 2.52. The molecule has 1 saturated carbocycles. The Kier molecular flexibility index (Phi) is 12.9. The van der Waals surface area contributed by atoms with Crippen molar-refractivity contribution in [1.82, 2.24) is 14.9 Å². The first-order chi connectivity index (χ1) is 21.5. The van der Waals surface area contributed by atoms with Crippen LogP contribution in [0.3, 0.4) is 0 Å². The predicted octanol–water partition coefficient (Wildman–Crippen LogP) is 4.52. The molecule has 2 heterocycles. The van der Waals surface area contributed by atoms with E-state index in [1.165, 1.54) is 10.8 Å². The molecule has 0 bridgehead atoms. The van der Waals surface area contributed by atoms with Crippen molar-refractivity contribution in [2.45, 2.75) is 122 Å². The number of fused-ring (bicyclic) bond motifs is 1. The van der Waals surface area contributed by atoms with E-state index in [1.807, 2.05) is 0 Å². The summed E-state index contributed by atoms with van der Waals surface area (Å²) in [6.07, 6.45) is 7.15. The van der Waals surface area contributed by atoms with Crippen LogP contribution in [-0.2, 0) is 18.3 Å². The topological polar surface area (TPSA) is 141 Å². The third-order valence-electron chi connectivity index (χ3n) is 9.66. The molecular formula is C33H53N3O8Si. The van der Waals surface area contributed by atoms with Crippen LogP contribution in [0.1, 0.15) is 97.3 Å². The van der Waals surface area contributed by atoms with Gasteiger partial charge in [0.2, 0.25) is 0 Å². The number of nitrogens with one attached hydrogen (secondary N) is 2. The van der Waals surface area contributed by atoms with Gasteiger partial charge in [-0.2, -0.15) is 0 Å². The first-order valence-electron chi connectivity index (χ1n) is 16.8. The molecule has 3 aliphatic rings. The van der Waals surface area contributed by atoms with Crippen LogP contribution < -0.4 is 16.6 Å². The molecule has 1 aromatic rings. The van der Waals surface area contributed by atoms with Gasteiger partial charge in [-0.15, -0.1) is 11.8 Å². The van der Waals surface area contributed by atoms with Gasteiger partial charge in [0.05, 0.1) is 19.3 Å². The number of ether oxygens (including phenoxy) is 2. The van der Waals surface area contributed by atoms with Gasteiger partial charge in [0, 0.05) is 44.2 Å². The third kappa shape index (κ3) is 9.32. The van der Waals surface area contributed by atoms with Crippen LogP contribution in [0, 0.1) is 36.5 Å². The summed E-state index contributed by atoms with van der Waals surface area (Å²) >= 11 is 0. The van der Waals surface area contributed by atoms with Crippen molar-refractivity contribution in [2.75, 3.05) is 26.4 Å². The van der Waals surface area contributed by atoms with E-state index in [0.29, 0.717) is 43.1 Å². The molecule has 2 aliphatic carbocycles. The number of hydrogen-bond acceptors (Lipinski definition) is 8. The lowest BCUT2D eigenvalue weighted by Crippen LogP contribution is -2.50. The second-order valence-electron chi connectivity index (χ2n) is 13.5. The number of aromatic nitrogens is 2. The molecule has 1 unspecified atom stereocenters. The molecule has 252 valence electrons. The van der Waals surface area contributed by atoms with Crippen molar-refractivity contribution in [3.8, 4) is 11.8 Å². The highest BCUT2D eigenvalue weighted by atomic mass is 28.4. The number of amides is 1. The fourth-order valence-electron chi connectivity index (χ4n) is 6.93. The van der Waals surface area contributed by atoms with E-state index < -0.39 is 38.2 Å². The zero-order valence-electron chi connectivity index (χ0n) is 27.6. The smallest absolute Gasteiger partial charge is 0.407 e. The largest absolute Gasteiger partial charge is 0.449 e. The summed E-state index contributed by atoms with van der Waals surface area (Å²) in [6, 6.07) is 0. The molecule has 45 heavy (non-hydrogen) atoms. The highest BCUT2D eigenvalue weighted by molar-refractivity contribution is 6.70. The van der Waals surface area contributed by atoms with E-state index in [-0.39, 0.29) is 30.2 Å². The summed E-state index contributed by atoms with van der Waals surface area (Å²) in [7, 11) is -2.68. The second kappa shape index (κ2) is 16.4. The average Bonchev–Trinajstić information content (AvgIpc) is 3.47. The minimum absolute atomic E-state index is 0.162. The summed E-state index contributed by atoms with van der Waals surface area (Å²) in [5.74, 6) is 8.28. The van der Waals surface area contributed by atoms with E-state index in [9.17, 15) is 19.5 Å². The number of carbonyl (C=O) groups excluding carboxylic acids is 1. The molecule has 1 aromatic heterocycles. The summed E-state index contributed by atoms with van der Waals surface area (Å²) in [4.78, 5) is 38.5. The van der Waals surface area contributed by atoms with E-state index in [0.717, 1.165) is 51.4 Å². The lowest BCUT2D eigenvalue weighted by atomic mass is 10.1. The maximum atomic E-state index is 12.3. The van der Waals surface area contributed by atoms with Crippen LogP contribution in [0.15, 0.2) is 15.8 Å². The fraction of sp³-hybridized carbons (Fsp3) is 0.788. The monoisotopic (exact) mass is 647 g/mol. The van der Waals surface area contributed by atoms with Crippen molar-refractivity contribution >= 4 is 14.7 Å². The molecule has 6 atom stereocenters. The van der Waals surface area contributed by atoms with Crippen molar-refractivity contribution < 1.29 is 28.2 Å². The molecule has 1 aliphatic heterocycles. The molecule has 1 saturated heterocycles. The Morgan fingerprint density at radius 2 is 1.73 bits per heavy atom. The summed E-state index contributed by atoms with van der Waals surface area (Å²) in [5.41, 5.74) is -0.254. The number of alkyl carbamates (subject to hydrolysis) is 1. The first-order valence-corrected chi connectivity index (χ1v) is 18.8. The van der Waals surface area contributed by atoms with Crippen LogP contribution in [-0.4, -0.2) is 67.9 Å². The van der Waals surface area contributed by atoms with Gasteiger partial charge in [0.25, 0.3) is 5.56 Å². The number of carbonyl (C=O) groups is 1. The van der Waals surface area contributed by atoms with Crippen LogP contribution in [0.4, 0.5) is 4.79 Å². The lowest BCUT2D eigenvalue weighted by molar-refractivity contribution is -0.0489. The Morgan fingerprint density at radius 3 is 2.40 bits per heavy atom. The summed E-state index contributed by atoms with van der Waals surface area (Å²) in [6.45, 7) is 11.9. The van der Waals surface area contributed by atoms with Gasteiger partial charge in [0.15, 0.2) is 0 Å². The van der Waals surface area contributed by atoms with Crippen molar-refractivity contribution in [3.05, 3.63) is 32.6 Å². The Bertz CT molecular complexity index is 1280. The quantitative estimate of drug-likeness (QED) is 0.135. The van der Waals surface area contributed by atoms with Gasteiger partial charge in [-0.3, -0.25) is 14.3 Å². The summed E-state index contributed by atoms with van der Waals surface area (Å²) < 4.78 is 26.0. The Labute approximate surface area is 268 Å². The van der Waals surface area contributed by atoms with Gasteiger partial charge in [-0.25, -0.2) is 9.59 Å². The minimum atomic E-state index is -2.68. The Balaban J connectivity index is 1.13. The molecule has 0 aromatic carbocycles. The van der Waals surface area contributed by atoms with Crippen LogP contribution >= 0.6 is 0 Å². The van der Waals surface area contributed by atoms with Crippen molar-refractivity contribution in [2.24, 2.45) is 17.8 Å². The van der Waals surface area contributed by atoms with Gasteiger partial charge < -0.3 is 28.7 Å². The minimum Gasteiger partial charge on any atom is -0.449 e. The van der Waals surface area contributed by atoms with Gasteiger partial charge in [0.1, 0.15) is 12.3 Å². The number of hydrogen-bond donors (Lipinski definition) is 3. The maximum absolute atomic E-state index is 12.3. The Hall–Kier alpha value is -2.43. The molecular weight excluding hydrogens is 594 g/mol. The zero-order chi connectivity index (χ0) is 32.6. The molecule has 12 heteroatoms. The number of unbranched alkanes of at least 4 members (excludes halogenated alkanes) is 3. The molecule has 11 nitrogen and oxygen atoms in total. The van der Waals surface area contributed by atoms with E-state index in [4.69, 9.17) is 18.3 Å². The van der Waals surface area contributed by atoms with Gasteiger partial charge >= 0.3 is 20.3 Å². The van der Waals surface area contributed by atoms with Crippen LogP contribution in [0.2, 0.25) is 11.1 Å². The predicted molar refractivity (Wildman–Crippen MR) is 173 cm³/mol. The molecule has 0 radical (unpaired) electrons. The summed E-state index contributed by atoms with van der Waals surface area (Å²) in [5, 5.41) is 13.6.